The quantitative estimate of drug-likeness (QED) is 0.314. The van der Waals surface area contributed by atoms with Gasteiger partial charge in [0.15, 0.2) is 0 Å². The molecule has 0 aliphatic rings. The fourth-order valence-electron chi connectivity index (χ4n) is 0. The summed E-state index contributed by atoms with van der Waals surface area (Å²) >= 11 is 0. The van der Waals surface area contributed by atoms with E-state index in [0.29, 0.717) is 0 Å². The average molecular weight is 181 g/mol. The van der Waals surface area contributed by atoms with Crippen LogP contribution in [-0.4, -0.2) is 9.30 Å². The number of halogens is 2. The first-order valence-electron chi connectivity index (χ1n) is 1.02. The van der Waals surface area contributed by atoms with Gasteiger partial charge in [0.2, 0.25) is 9.23 Å². The number of hydrogen-bond acceptors (Lipinski definition) is 4. The lowest BCUT2D eigenvalue weighted by Gasteiger charge is -1.74. The van der Waals surface area contributed by atoms with E-state index >= 15 is 0 Å². The van der Waals surface area contributed by atoms with Gasteiger partial charge in [0.1, 0.15) is 0 Å². The zero-order chi connectivity index (χ0) is 7.15. The van der Waals surface area contributed by atoms with Gasteiger partial charge >= 0.3 is 0 Å². The van der Waals surface area contributed by atoms with Crippen molar-refractivity contribution >= 4 is 30.6 Å². The van der Waals surface area contributed by atoms with Crippen LogP contribution in [0.25, 0.3) is 0 Å². The van der Waals surface area contributed by atoms with E-state index < -0.39 is 14.3 Å². The molecular formula is Cl2NO4S-. The molecule has 0 fully saturated rings. The molecule has 0 aromatic carbocycles. The van der Waals surface area contributed by atoms with Crippen LogP contribution in [0.3, 0.4) is 0 Å². The van der Waals surface area contributed by atoms with Crippen LogP contribution in [0.5, 0.6) is 0 Å². The van der Waals surface area contributed by atoms with E-state index in [2.05, 4.69) is 21.4 Å². The lowest BCUT2D eigenvalue weighted by Crippen LogP contribution is -1.74. The van der Waals surface area contributed by atoms with Crippen LogP contribution < -0.4 is 0 Å². The maximum Gasteiger partial charge on any atom is 0.211 e. The van der Waals surface area contributed by atoms with Crippen molar-refractivity contribution in [2.45, 2.75) is 0 Å². The Morgan fingerprint density at radius 2 is 1.38 bits per heavy atom. The molecule has 0 amide bonds. The highest BCUT2D eigenvalue weighted by atomic mass is 36.0. The van der Waals surface area contributed by atoms with Gasteiger partial charge in [0, 0.05) is 21.4 Å². The summed E-state index contributed by atoms with van der Waals surface area (Å²) in [7, 11) is 7.36. The molecule has 0 rings (SSSR count). The molecule has 8 heteroatoms. The summed E-state index contributed by atoms with van der Waals surface area (Å²) in [6.45, 7) is 0. The van der Waals surface area contributed by atoms with Gasteiger partial charge in [-0.2, -0.15) is 0 Å². The smallest absolute Gasteiger partial charge is 0.211 e. The molecule has 0 atom stereocenters. The molecule has 0 bridgehead atoms. The van der Waals surface area contributed by atoms with Crippen LogP contribution in [0, 0.1) is 15.3 Å². The van der Waals surface area contributed by atoms with Crippen molar-refractivity contribution in [2.75, 3.05) is 0 Å². The first kappa shape index (κ1) is 10.8. The predicted octanol–water partition coefficient (Wildman–Crippen LogP) is 0.804. The SMILES string of the molecule is O=S(Cl)Cl.O=[N+]([O-])[O-]. The predicted molar refractivity (Wildman–Crippen MR) is 30.2 cm³/mol. The van der Waals surface area contributed by atoms with Crippen LogP contribution in [0.15, 0.2) is 0 Å². The Balaban J connectivity index is 0. The summed E-state index contributed by atoms with van der Waals surface area (Å²) < 4.78 is 9.09. The molecule has 0 aliphatic heterocycles. The van der Waals surface area contributed by atoms with Crippen molar-refractivity contribution in [1.29, 1.82) is 0 Å². The van der Waals surface area contributed by atoms with Gasteiger partial charge in [-0.1, -0.05) is 0 Å². The normalized spacial score (nSPS) is 7.38. The van der Waals surface area contributed by atoms with Crippen molar-refractivity contribution in [2.24, 2.45) is 0 Å². The van der Waals surface area contributed by atoms with E-state index in [0.717, 1.165) is 0 Å². The lowest BCUT2D eigenvalue weighted by molar-refractivity contribution is -0.402. The Bertz CT molecular complexity index is 72.0. The second-order valence-electron chi connectivity index (χ2n) is 0.408. The average Bonchev–Trinajstić information content (AvgIpc) is 1.25. The van der Waals surface area contributed by atoms with E-state index in [-0.39, 0.29) is 0 Å². The lowest BCUT2D eigenvalue weighted by atomic mass is 13.1. The summed E-state index contributed by atoms with van der Waals surface area (Å²) in [5, 5.41) is 14.8. The van der Waals surface area contributed by atoms with E-state index in [1.807, 2.05) is 0 Å². The maximum absolute atomic E-state index is 9.09. The van der Waals surface area contributed by atoms with E-state index in [1.165, 1.54) is 0 Å². The fraction of sp³-hybridized carbons (Fsp3) is 0. The van der Waals surface area contributed by atoms with Gasteiger partial charge in [-0.3, -0.25) is 0 Å². The van der Waals surface area contributed by atoms with Gasteiger partial charge in [-0.05, 0) is 0 Å². The zero-order valence-electron chi connectivity index (χ0n) is 3.24. The zero-order valence-corrected chi connectivity index (χ0v) is 5.57. The van der Waals surface area contributed by atoms with Crippen molar-refractivity contribution in [1.82, 2.24) is 0 Å². The maximum atomic E-state index is 9.09. The van der Waals surface area contributed by atoms with E-state index in [4.69, 9.17) is 19.5 Å². The number of hydrogen-bond donors (Lipinski definition) is 0. The molecule has 0 unspecified atom stereocenters. The molecule has 0 radical (unpaired) electrons. The Morgan fingerprint density at radius 1 is 1.38 bits per heavy atom. The first-order chi connectivity index (χ1) is 3.46. The number of rotatable bonds is 0. The minimum atomic E-state index is -1.75. The third-order valence-corrected chi connectivity index (χ3v) is 0. The minimum Gasteiger partial charge on any atom is -0.356 e. The van der Waals surface area contributed by atoms with E-state index in [9.17, 15) is 0 Å². The van der Waals surface area contributed by atoms with Crippen LogP contribution in [0.2, 0.25) is 0 Å². The van der Waals surface area contributed by atoms with Crippen LogP contribution >= 0.6 is 21.4 Å². The van der Waals surface area contributed by atoms with Crippen LogP contribution in [0.1, 0.15) is 0 Å². The second-order valence-corrected chi connectivity index (χ2v) is 2.93. The molecule has 0 heterocycles. The summed E-state index contributed by atoms with van der Waals surface area (Å²) in [4.78, 5) is 8.25. The highest BCUT2D eigenvalue weighted by Gasteiger charge is 1.67. The monoisotopic (exact) mass is 180 g/mol. The van der Waals surface area contributed by atoms with Gasteiger partial charge in [0.25, 0.3) is 0 Å². The third-order valence-electron chi connectivity index (χ3n) is 0. The molecular weight excluding hydrogens is 181 g/mol. The minimum absolute atomic E-state index is 1.67. The molecule has 0 spiro atoms. The number of nitrogens with zero attached hydrogens (tertiary/aromatic N) is 1. The molecule has 8 heavy (non-hydrogen) atoms. The molecule has 0 aromatic heterocycles. The van der Waals surface area contributed by atoms with Gasteiger partial charge < -0.3 is 15.3 Å². The molecule has 50 valence electrons. The Morgan fingerprint density at radius 3 is 1.38 bits per heavy atom. The van der Waals surface area contributed by atoms with Crippen molar-refractivity contribution < 1.29 is 9.30 Å². The molecule has 0 aliphatic carbocycles. The van der Waals surface area contributed by atoms with E-state index in [1.54, 1.807) is 0 Å². The summed E-state index contributed by atoms with van der Waals surface area (Å²) in [6.07, 6.45) is 0. The standard InChI is InChI=1S/Cl2OS.NO3/c1-4(2)3;2-1(3)4/q;-1. The molecule has 0 aromatic rings. The molecule has 5 nitrogen and oxygen atoms in total. The second kappa shape index (κ2) is 6.93. The van der Waals surface area contributed by atoms with Crippen LogP contribution in [-0.2, 0) is 9.23 Å². The Kier molecular flexibility index (Phi) is 9.38. The van der Waals surface area contributed by atoms with Crippen molar-refractivity contribution in [3.8, 4) is 0 Å². The van der Waals surface area contributed by atoms with Crippen molar-refractivity contribution in [3.05, 3.63) is 15.3 Å². The fourth-order valence-corrected chi connectivity index (χ4v) is 0. The van der Waals surface area contributed by atoms with Crippen molar-refractivity contribution in [3.63, 3.8) is 0 Å². The van der Waals surface area contributed by atoms with Crippen LogP contribution in [0.4, 0.5) is 0 Å². The highest BCUT2D eigenvalue weighted by Crippen LogP contribution is 1.89. The summed E-state index contributed by atoms with van der Waals surface area (Å²) in [5.41, 5.74) is 0. The Hall–Kier alpha value is -0.0700. The topological polar surface area (TPSA) is 83.3 Å². The Labute approximate surface area is 55.8 Å². The largest absolute Gasteiger partial charge is 0.356 e. The van der Waals surface area contributed by atoms with Gasteiger partial charge in [-0.25, -0.2) is 4.21 Å². The summed E-state index contributed by atoms with van der Waals surface area (Å²) in [6, 6.07) is 0. The summed E-state index contributed by atoms with van der Waals surface area (Å²) in [5.74, 6) is 0. The molecule has 0 saturated carbocycles. The van der Waals surface area contributed by atoms with Gasteiger partial charge in [0.05, 0.1) is 5.09 Å². The third kappa shape index (κ3) is 29400. The van der Waals surface area contributed by atoms with Gasteiger partial charge in [-0.15, -0.1) is 0 Å². The highest BCUT2D eigenvalue weighted by molar-refractivity contribution is 8.26. The first-order valence-corrected chi connectivity index (χ1v) is 3.83. The molecule has 0 saturated heterocycles. The molecule has 0 N–H and O–H groups in total.